The van der Waals surface area contributed by atoms with Crippen LogP contribution in [0, 0.1) is 11.8 Å². The summed E-state index contributed by atoms with van der Waals surface area (Å²) in [5.74, 6) is -0.477. The quantitative estimate of drug-likeness (QED) is 0.528. The average molecular weight is 471 g/mol. The number of carbonyl (C=O) groups is 3. The molecular weight excluding hydrogens is 432 g/mol. The van der Waals surface area contributed by atoms with Crippen molar-refractivity contribution in [1.82, 2.24) is 9.80 Å². The molecule has 34 heavy (non-hydrogen) atoms. The molecule has 186 valence electrons. The van der Waals surface area contributed by atoms with Crippen LogP contribution in [0.5, 0.6) is 0 Å². The molecule has 0 aliphatic carbocycles. The van der Waals surface area contributed by atoms with E-state index >= 15 is 0 Å². The largest absolute Gasteiger partial charge is 0.452 e. The third-order valence-electron chi connectivity index (χ3n) is 6.43. The fraction of sp³-hybridized carbons (Fsp3) is 0.593. The number of hydrogen-bond donors (Lipinski definition) is 0. The molecule has 2 heterocycles. The van der Waals surface area contributed by atoms with Crippen LogP contribution in [0.2, 0.25) is 0 Å². The molecule has 1 amide bonds. The highest BCUT2D eigenvalue weighted by atomic mass is 16.6. The van der Waals surface area contributed by atoms with Crippen LogP contribution < -0.4 is 0 Å². The van der Waals surface area contributed by atoms with Crippen molar-refractivity contribution in [2.45, 2.75) is 78.7 Å². The van der Waals surface area contributed by atoms with E-state index in [1.165, 1.54) is 6.07 Å². The monoisotopic (exact) mass is 470 g/mol. The van der Waals surface area contributed by atoms with Crippen molar-refractivity contribution < 1.29 is 23.9 Å². The van der Waals surface area contributed by atoms with Crippen molar-refractivity contribution in [2.24, 2.45) is 11.8 Å². The number of rotatable bonds is 8. The maximum Gasteiger partial charge on any atom is 0.338 e. The second kappa shape index (κ2) is 10.6. The van der Waals surface area contributed by atoms with Gasteiger partial charge in [0.15, 0.2) is 6.10 Å². The van der Waals surface area contributed by atoms with Crippen LogP contribution in [0.15, 0.2) is 36.5 Å². The van der Waals surface area contributed by atoms with E-state index in [1.54, 1.807) is 23.1 Å². The number of likely N-dealkylation sites (tertiary alicyclic amines) is 2. The van der Waals surface area contributed by atoms with Crippen molar-refractivity contribution in [3.05, 3.63) is 47.7 Å². The van der Waals surface area contributed by atoms with Gasteiger partial charge >= 0.3 is 11.9 Å². The van der Waals surface area contributed by atoms with Gasteiger partial charge in [-0.2, -0.15) is 0 Å². The van der Waals surface area contributed by atoms with Crippen molar-refractivity contribution in [3.63, 3.8) is 0 Å². The normalized spacial score (nSPS) is 24.9. The van der Waals surface area contributed by atoms with Gasteiger partial charge in [-0.05, 0) is 43.9 Å². The Hall–Kier alpha value is -2.83. The summed E-state index contributed by atoms with van der Waals surface area (Å²) in [7, 11) is 0. The van der Waals surface area contributed by atoms with Crippen LogP contribution in [0.25, 0.3) is 0 Å². The number of amides is 1. The Labute approximate surface area is 203 Å². The van der Waals surface area contributed by atoms with Crippen LogP contribution in [-0.4, -0.2) is 65.0 Å². The van der Waals surface area contributed by atoms with Gasteiger partial charge in [0.05, 0.1) is 11.1 Å². The lowest BCUT2D eigenvalue weighted by molar-refractivity contribution is -0.136. The molecule has 2 aliphatic rings. The summed E-state index contributed by atoms with van der Waals surface area (Å²) in [6.45, 7) is 18.1. The zero-order chi connectivity index (χ0) is 25.2. The maximum absolute atomic E-state index is 12.8. The average Bonchev–Trinajstić information content (AvgIpc) is 3.17. The van der Waals surface area contributed by atoms with Gasteiger partial charge in [0.25, 0.3) is 5.91 Å². The van der Waals surface area contributed by atoms with E-state index in [0.717, 1.165) is 12.2 Å². The third kappa shape index (κ3) is 5.80. The molecular formula is C27H38N2O5. The molecule has 7 heteroatoms. The number of hydrogen-bond acceptors (Lipinski definition) is 6. The first-order valence-electron chi connectivity index (χ1n) is 12.3. The SMILES string of the molecule is C=C1[C@@H](OC(=O)c2cccc(C(=O)O[C@H]3CC(C)N(CC(C)C)C3=O)c2)CC(C)N1CC(C)C. The summed E-state index contributed by atoms with van der Waals surface area (Å²) >= 11 is 0. The molecule has 3 rings (SSSR count). The zero-order valence-corrected chi connectivity index (χ0v) is 21.2. The van der Waals surface area contributed by atoms with Gasteiger partial charge in [0.2, 0.25) is 0 Å². The second-order valence-corrected chi connectivity index (χ2v) is 10.5. The van der Waals surface area contributed by atoms with Crippen LogP contribution in [0.1, 0.15) is 75.1 Å². The Bertz CT molecular complexity index is 869. The molecule has 0 N–H and O–H groups in total. The predicted octanol–water partition coefficient (Wildman–Crippen LogP) is 4.28. The molecule has 0 aromatic heterocycles. The first kappa shape index (κ1) is 25.8. The van der Waals surface area contributed by atoms with E-state index in [1.807, 2.05) is 20.8 Å². The summed E-state index contributed by atoms with van der Waals surface area (Å²) in [6, 6.07) is 6.54. The van der Waals surface area contributed by atoms with Crippen molar-refractivity contribution in [1.29, 1.82) is 0 Å². The van der Waals surface area contributed by atoms with E-state index in [-0.39, 0.29) is 35.2 Å². The first-order valence-corrected chi connectivity index (χ1v) is 12.3. The summed E-state index contributed by atoms with van der Waals surface area (Å²) in [5.41, 5.74) is 1.30. The van der Waals surface area contributed by atoms with Gasteiger partial charge < -0.3 is 19.3 Å². The minimum Gasteiger partial charge on any atom is -0.452 e. The number of ether oxygens (including phenoxy) is 2. The minimum absolute atomic E-state index is 0.0196. The Kier molecular flexibility index (Phi) is 8.05. The van der Waals surface area contributed by atoms with E-state index in [9.17, 15) is 14.4 Å². The van der Waals surface area contributed by atoms with Gasteiger partial charge in [-0.25, -0.2) is 9.59 Å². The fourth-order valence-corrected chi connectivity index (χ4v) is 4.72. The van der Waals surface area contributed by atoms with Crippen molar-refractivity contribution in [3.8, 4) is 0 Å². The van der Waals surface area contributed by atoms with E-state index in [4.69, 9.17) is 9.47 Å². The Morgan fingerprint density at radius 1 is 0.912 bits per heavy atom. The Balaban J connectivity index is 1.63. The number of esters is 2. The van der Waals surface area contributed by atoms with Crippen molar-refractivity contribution in [2.75, 3.05) is 13.1 Å². The Morgan fingerprint density at radius 3 is 1.94 bits per heavy atom. The molecule has 4 atom stereocenters. The minimum atomic E-state index is -0.799. The van der Waals surface area contributed by atoms with Crippen LogP contribution >= 0.6 is 0 Å². The van der Waals surface area contributed by atoms with E-state index in [2.05, 4.69) is 32.3 Å². The molecule has 2 fully saturated rings. The van der Waals surface area contributed by atoms with Crippen LogP contribution in [0.3, 0.4) is 0 Å². The number of nitrogens with zero attached hydrogens (tertiary/aromatic N) is 2. The predicted molar refractivity (Wildman–Crippen MR) is 130 cm³/mol. The van der Waals surface area contributed by atoms with Gasteiger partial charge in [0, 0.05) is 43.7 Å². The summed E-state index contributed by atoms with van der Waals surface area (Å²) in [5, 5.41) is 0. The summed E-state index contributed by atoms with van der Waals surface area (Å²) in [4.78, 5) is 42.3. The highest BCUT2D eigenvalue weighted by Crippen LogP contribution is 2.30. The van der Waals surface area contributed by atoms with Crippen LogP contribution in [-0.2, 0) is 14.3 Å². The van der Waals surface area contributed by atoms with Gasteiger partial charge in [-0.1, -0.05) is 40.3 Å². The van der Waals surface area contributed by atoms with E-state index < -0.39 is 18.0 Å². The van der Waals surface area contributed by atoms with E-state index in [0.29, 0.717) is 31.2 Å². The van der Waals surface area contributed by atoms with Crippen molar-refractivity contribution >= 4 is 17.8 Å². The Morgan fingerprint density at radius 2 is 1.38 bits per heavy atom. The lowest BCUT2D eigenvalue weighted by Crippen LogP contribution is -2.37. The number of carbonyl (C=O) groups excluding carboxylic acids is 3. The molecule has 2 saturated heterocycles. The molecule has 0 saturated carbocycles. The lowest BCUT2D eigenvalue weighted by Gasteiger charge is -2.26. The van der Waals surface area contributed by atoms with Gasteiger partial charge in [0.1, 0.15) is 6.10 Å². The maximum atomic E-state index is 12.8. The number of benzene rings is 1. The smallest absolute Gasteiger partial charge is 0.338 e. The molecule has 0 radical (unpaired) electrons. The molecule has 0 spiro atoms. The van der Waals surface area contributed by atoms with Gasteiger partial charge in [-0.15, -0.1) is 0 Å². The summed E-state index contributed by atoms with van der Waals surface area (Å²) < 4.78 is 11.3. The summed E-state index contributed by atoms with van der Waals surface area (Å²) in [6.07, 6.45) is -0.0321. The highest BCUT2D eigenvalue weighted by Gasteiger charge is 2.40. The van der Waals surface area contributed by atoms with Gasteiger partial charge in [-0.3, -0.25) is 4.79 Å². The molecule has 2 aliphatic heterocycles. The molecule has 1 aromatic rings. The third-order valence-corrected chi connectivity index (χ3v) is 6.43. The molecule has 1 aromatic carbocycles. The first-order chi connectivity index (χ1) is 16.0. The van der Waals surface area contributed by atoms with Crippen LogP contribution in [0.4, 0.5) is 0 Å². The lowest BCUT2D eigenvalue weighted by atomic mass is 10.1. The molecule has 7 nitrogen and oxygen atoms in total. The molecule has 2 unspecified atom stereocenters. The highest BCUT2D eigenvalue weighted by molar-refractivity contribution is 5.96. The fourth-order valence-electron chi connectivity index (χ4n) is 4.72. The second-order valence-electron chi connectivity index (χ2n) is 10.5. The standard InChI is InChI=1S/C27H38N2O5/c1-16(2)14-28-18(5)11-23(20(28)7)33-26(31)21-9-8-10-22(13-21)27(32)34-24-12-19(6)29(25(24)30)15-17(3)4/h8-10,13,16-19,23-24H,7,11-12,14-15H2,1-6H3/t18?,19?,23-,24-/m0/s1. The molecule has 0 bridgehead atoms. The topological polar surface area (TPSA) is 76.2 Å². The zero-order valence-electron chi connectivity index (χ0n) is 21.2.